The molecule has 3 aromatic rings. The van der Waals surface area contributed by atoms with Crippen LogP contribution in [-0.4, -0.2) is 22.5 Å². The monoisotopic (exact) mass is 338 g/mol. The lowest BCUT2D eigenvalue weighted by Gasteiger charge is -2.08. The number of hydroxylamine groups is 1. The molecule has 2 aromatic carbocycles. The van der Waals surface area contributed by atoms with Gasteiger partial charge < -0.3 is 9.15 Å². The highest BCUT2D eigenvalue weighted by Gasteiger charge is 2.31. The van der Waals surface area contributed by atoms with Gasteiger partial charge in [0.1, 0.15) is 11.3 Å². The van der Waals surface area contributed by atoms with Gasteiger partial charge in [0.25, 0.3) is 5.91 Å². The van der Waals surface area contributed by atoms with Crippen LogP contribution in [0.15, 0.2) is 46.9 Å². The molecule has 0 saturated heterocycles. The first-order chi connectivity index (χ1) is 11.4. The van der Waals surface area contributed by atoms with Gasteiger partial charge in [-0.3, -0.25) is 10.0 Å². The van der Waals surface area contributed by atoms with Crippen LogP contribution < -0.4 is 10.2 Å². The molecule has 24 heavy (non-hydrogen) atoms. The third-order valence-corrected chi connectivity index (χ3v) is 3.09. The molecular formula is C15H9F3N2O4. The molecule has 0 aliphatic rings. The minimum absolute atomic E-state index is 0.171. The number of fused-ring (bicyclic) bond motifs is 1. The maximum atomic E-state index is 12.1. The van der Waals surface area contributed by atoms with Crippen LogP contribution in [0, 0.1) is 0 Å². The second kappa shape index (κ2) is 5.85. The Bertz CT molecular complexity index is 888. The maximum absolute atomic E-state index is 12.1. The second-order valence-corrected chi connectivity index (χ2v) is 4.71. The van der Waals surface area contributed by atoms with Gasteiger partial charge in [0.15, 0.2) is 5.58 Å². The zero-order valence-corrected chi connectivity index (χ0v) is 11.8. The molecular weight excluding hydrogens is 329 g/mol. The summed E-state index contributed by atoms with van der Waals surface area (Å²) in [5, 5.41) is 8.61. The highest BCUT2D eigenvalue weighted by atomic mass is 19.4. The Labute approximate surface area is 132 Å². The third kappa shape index (κ3) is 3.30. The Hall–Kier alpha value is -3.07. The molecule has 0 aliphatic carbocycles. The number of carbonyl (C=O) groups is 1. The van der Waals surface area contributed by atoms with Gasteiger partial charge in [-0.1, -0.05) is 0 Å². The Morgan fingerprint density at radius 2 is 1.88 bits per heavy atom. The molecule has 0 bridgehead atoms. The number of carbonyl (C=O) groups excluding carboxylic acids is 1. The van der Waals surface area contributed by atoms with E-state index in [0.29, 0.717) is 16.7 Å². The van der Waals surface area contributed by atoms with Crippen LogP contribution in [-0.2, 0) is 0 Å². The molecule has 0 fully saturated rings. The number of aromatic nitrogens is 1. The SMILES string of the molecule is O=C(NO)c1ccc2oc(-c3ccc(OC(F)(F)F)cc3)nc2c1. The van der Waals surface area contributed by atoms with Crippen molar-refractivity contribution in [3.8, 4) is 17.2 Å². The lowest BCUT2D eigenvalue weighted by molar-refractivity contribution is -0.274. The molecule has 0 aliphatic heterocycles. The fraction of sp³-hybridized carbons (Fsp3) is 0.0667. The van der Waals surface area contributed by atoms with Crippen LogP contribution >= 0.6 is 0 Å². The third-order valence-electron chi connectivity index (χ3n) is 3.09. The molecule has 1 amide bonds. The van der Waals surface area contributed by atoms with Gasteiger partial charge in [-0.25, -0.2) is 10.5 Å². The van der Waals surface area contributed by atoms with Crippen LogP contribution in [0.25, 0.3) is 22.6 Å². The fourth-order valence-electron chi connectivity index (χ4n) is 2.06. The first-order valence-corrected chi connectivity index (χ1v) is 6.57. The average Bonchev–Trinajstić information content (AvgIpc) is 2.96. The van der Waals surface area contributed by atoms with Crippen molar-refractivity contribution < 1.29 is 32.3 Å². The zero-order chi connectivity index (χ0) is 17.3. The molecule has 0 radical (unpaired) electrons. The van der Waals surface area contributed by atoms with E-state index in [2.05, 4.69) is 9.72 Å². The summed E-state index contributed by atoms with van der Waals surface area (Å²) in [6.07, 6.45) is -4.76. The van der Waals surface area contributed by atoms with Gasteiger partial charge in [-0.05, 0) is 42.5 Å². The Morgan fingerprint density at radius 3 is 2.50 bits per heavy atom. The Balaban J connectivity index is 1.90. The molecule has 6 nitrogen and oxygen atoms in total. The van der Waals surface area contributed by atoms with E-state index in [4.69, 9.17) is 9.62 Å². The lowest BCUT2D eigenvalue weighted by Crippen LogP contribution is -2.18. The number of hydrogen-bond donors (Lipinski definition) is 2. The molecule has 9 heteroatoms. The normalized spacial score (nSPS) is 11.5. The topological polar surface area (TPSA) is 84.6 Å². The smallest absolute Gasteiger partial charge is 0.436 e. The largest absolute Gasteiger partial charge is 0.573 e. The van der Waals surface area contributed by atoms with E-state index in [1.54, 1.807) is 0 Å². The first kappa shape index (κ1) is 15.8. The quantitative estimate of drug-likeness (QED) is 0.564. The van der Waals surface area contributed by atoms with E-state index >= 15 is 0 Å². The van der Waals surface area contributed by atoms with Crippen molar-refractivity contribution in [3.63, 3.8) is 0 Å². The van der Waals surface area contributed by atoms with Crippen LogP contribution in [0.4, 0.5) is 13.2 Å². The summed E-state index contributed by atoms with van der Waals surface area (Å²) in [5.74, 6) is -0.885. The van der Waals surface area contributed by atoms with Crippen LogP contribution in [0.5, 0.6) is 5.75 Å². The van der Waals surface area contributed by atoms with Gasteiger partial charge in [0.2, 0.25) is 5.89 Å². The van der Waals surface area contributed by atoms with Gasteiger partial charge in [-0.2, -0.15) is 0 Å². The molecule has 0 spiro atoms. The lowest BCUT2D eigenvalue weighted by atomic mass is 10.2. The summed E-state index contributed by atoms with van der Waals surface area (Å²) in [7, 11) is 0. The Kier molecular flexibility index (Phi) is 3.86. The predicted octanol–water partition coefficient (Wildman–Crippen LogP) is 3.51. The van der Waals surface area contributed by atoms with Gasteiger partial charge >= 0.3 is 6.36 Å². The zero-order valence-electron chi connectivity index (χ0n) is 11.8. The van der Waals surface area contributed by atoms with Gasteiger partial charge in [0, 0.05) is 11.1 Å². The molecule has 2 N–H and O–H groups in total. The van der Waals surface area contributed by atoms with Crippen molar-refractivity contribution >= 4 is 17.0 Å². The predicted molar refractivity (Wildman–Crippen MR) is 75.4 cm³/mol. The van der Waals surface area contributed by atoms with E-state index in [-0.39, 0.29) is 17.2 Å². The van der Waals surface area contributed by atoms with Crippen molar-refractivity contribution in [1.29, 1.82) is 0 Å². The first-order valence-electron chi connectivity index (χ1n) is 6.57. The van der Waals surface area contributed by atoms with Crippen LogP contribution in [0.2, 0.25) is 0 Å². The van der Waals surface area contributed by atoms with Gasteiger partial charge in [-0.15, -0.1) is 13.2 Å². The number of alkyl halides is 3. The van der Waals surface area contributed by atoms with E-state index < -0.39 is 12.3 Å². The number of halogens is 3. The van der Waals surface area contributed by atoms with Crippen molar-refractivity contribution in [2.24, 2.45) is 0 Å². The molecule has 0 unspecified atom stereocenters. The number of nitrogens with one attached hydrogen (secondary N) is 1. The van der Waals surface area contributed by atoms with E-state index in [1.165, 1.54) is 35.8 Å². The number of benzene rings is 2. The summed E-state index contributed by atoms with van der Waals surface area (Å²) < 4.78 is 45.7. The van der Waals surface area contributed by atoms with Crippen molar-refractivity contribution in [3.05, 3.63) is 48.0 Å². The van der Waals surface area contributed by atoms with Crippen molar-refractivity contribution in [1.82, 2.24) is 10.5 Å². The standard InChI is InChI=1S/C15H9F3N2O4/c16-15(17,18)24-10-4-1-8(2-5-10)14-19-11-7-9(13(21)20-22)3-6-12(11)23-14/h1-7,22H,(H,20,21). The van der Waals surface area contributed by atoms with E-state index in [9.17, 15) is 18.0 Å². The number of rotatable bonds is 3. The van der Waals surface area contributed by atoms with Gasteiger partial charge in [0.05, 0.1) is 0 Å². The van der Waals surface area contributed by atoms with Crippen LogP contribution in [0.3, 0.4) is 0 Å². The maximum Gasteiger partial charge on any atom is 0.573 e. The van der Waals surface area contributed by atoms with Crippen molar-refractivity contribution in [2.45, 2.75) is 6.36 Å². The average molecular weight is 338 g/mol. The minimum Gasteiger partial charge on any atom is -0.436 e. The molecule has 0 saturated carbocycles. The summed E-state index contributed by atoms with van der Waals surface area (Å²) >= 11 is 0. The highest BCUT2D eigenvalue weighted by molar-refractivity contribution is 5.96. The number of amides is 1. The fourth-order valence-corrected chi connectivity index (χ4v) is 2.06. The summed E-state index contributed by atoms with van der Waals surface area (Å²) in [6, 6.07) is 9.36. The number of hydrogen-bond acceptors (Lipinski definition) is 5. The highest BCUT2D eigenvalue weighted by Crippen LogP contribution is 2.28. The minimum atomic E-state index is -4.76. The molecule has 0 atom stereocenters. The molecule has 1 aromatic heterocycles. The molecule has 124 valence electrons. The Morgan fingerprint density at radius 1 is 1.17 bits per heavy atom. The number of nitrogens with zero attached hydrogens (tertiary/aromatic N) is 1. The van der Waals surface area contributed by atoms with E-state index in [0.717, 1.165) is 12.1 Å². The number of ether oxygens (including phenoxy) is 1. The van der Waals surface area contributed by atoms with E-state index in [1.807, 2.05) is 0 Å². The van der Waals surface area contributed by atoms with Crippen LogP contribution in [0.1, 0.15) is 10.4 Å². The summed E-state index contributed by atoms with van der Waals surface area (Å²) in [5.41, 5.74) is 2.87. The molecule has 1 heterocycles. The van der Waals surface area contributed by atoms with Crippen molar-refractivity contribution in [2.75, 3.05) is 0 Å². The number of oxazole rings is 1. The second-order valence-electron chi connectivity index (χ2n) is 4.71. The summed E-state index contributed by atoms with van der Waals surface area (Å²) in [4.78, 5) is 15.5. The summed E-state index contributed by atoms with van der Waals surface area (Å²) in [6.45, 7) is 0. The molecule has 3 rings (SSSR count).